The molecule has 1 saturated heterocycles. The second-order valence-corrected chi connectivity index (χ2v) is 9.90. The molecule has 184 valence electrons. The number of carbonyl (C=O) groups excluding carboxylic acids is 1. The second kappa shape index (κ2) is 10.6. The number of alkyl carbamates (subject to hydrolysis) is 1. The van der Waals surface area contributed by atoms with Gasteiger partial charge in [-0.3, -0.25) is 0 Å². The molecule has 0 bridgehead atoms. The maximum Gasteiger partial charge on any atom is 0.407 e. The lowest BCUT2D eigenvalue weighted by Crippen LogP contribution is -2.43. The molecule has 1 aliphatic carbocycles. The SMILES string of the molecule is CC1(COC(=O)NC2CCCCC2)COC(c2nc(-c3ccccc3)c(-c3ccccc3)[nH]2)OC1. The first-order valence-corrected chi connectivity index (χ1v) is 12.5. The van der Waals surface area contributed by atoms with Crippen LogP contribution < -0.4 is 5.32 Å². The van der Waals surface area contributed by atoms with Crippen LogP contribution in [-0.4, -0.2) is 41.9 Å². The van der Waals surface area contributed by atoms with Crippen LogP contribution in [0.5, 0.6) is 0 Å². The van der Waals surface area contributed by atoms with Gasteiger partial charge in [-0.25, -0.2) is 9.78 Å². The highest BCUT2D eigenvalue weighted by atomic mass is 16.7. The van der Waals surface area contributed by atoms with Crippen molar-refractivity contribution in [3.05, 3.63) is 66.5 Å². The average Bonchev–Trinajstić information content (AvgIpc) is 3.35. The molecule has 3 aromatic rings. The van der Waals surface area contributed by atoms with Gasteiger partial charge in [0.2, 0.25) is 6.29 Å². The topological polar surface area (TPSA) is 85.5 Å². The number of hydrogen-bond acceptors (Lipinski definition) is 5. The monoisotopic (exact) mass is 475 g/mol. The molecule has 1 amide bonds. The fraction of sp³-hybridized carbons (Fsp3) is 0.429. The number of aromatic amines is 1. The predicted molar refractivity (Wildman–Crippen MR) is 134 cm³/mol. The van der Waals surface area contributed by atoms with Gasteiger partial charge in [0.15, 0.2) is 5.82 Å². The Labute approximate surface area is 206 Å². The summed E-state index contributed by atoms with van der Waals surface area (Å²) >= 11 is 0. The van der Waals surface area contributed by atoms with E-state index in [1.807, 2.05) is 55.5 Å². The Kier molecular flexibility index (Phi) is 7.16. The molecule has 1 aliphatic heterocycles. The smallest absolute Gasteiger partial charge is 0.407 e. The first-order chi connectivity index (χ1) is 17.1. The fourth-order valence-corrected chi connectivity index (χ4v) is 4.70. The number of benzene rings is 2. The molecule has 7 nitrogen and oxygen atoms in total. The number of H-pyrrole nitrogens is 1. The van der Waals surface area contributed by atoms with Crippen LogP contribution in [0.3, 0.4) is 0 Å². The van der Waals surface area contributed by atoms with Gasteiger partial charge >= 0.3 is 6.09 Å². The van der Waals surface area contributed by atoms with Gasteiger partial charge in [-0.2, -0.15) is 0 Å². The van der Waals surface area contributed by atoms with Crippen LogP contribution in [0.25, 0.3) is 22.5 Å². The van der Waals surface area contributed by atoms with Crippen molar-refractivity contribution in [1.29, 1.82) is 0 Å². The zero-order valence-corrected chi connectivity index (χ0v) is 20.2. The summed E-state index contributed by atoms with van der Waals surface area (Å²) in [5.74, 6) is 0.626. The predicted octanol–water partition coefficient (Wildman–Crippen LogP) is 5.85. The van der Waals surface area contributed by atoms with E-state index in [-0.39, 0.29) is 18.7 Å². The van der Waals surface area contributed by atoms with Gasteiger partial charge in [0, 0.05) is 22.6 Å². The van der Waals surface area contributed by atoms with Gasteiger partial charge in [-0.15, -0.1) is 0 Å². The average molecular weight is 476 g/mol. The Morgan fingerprint density at radius 1 is 1.00 bits per heavy atom. The van der Waals surface area contributed by atoms with Gasteiger partial charge in [0.05, 0.1) is 24.6 Å². The van der Waals surface area contributed by atoms with Crippen LogP contribution in [0.4, 0.5) is 4.79 Å². The molecular formula is C28H33N3O4. The Bertz CT molecular complexity index is 1040. The van der Waals surface area contributed by atoms with Crippen LogP contribution >= 0.6 is 0 Å². The van der Waals surface area contributed by atoms with Crippen LogP contribution in [0.2, 0.25) is 0 Å². The zero-order valence-electron chi connectivity index (χ0n) is 20.2. The zero-order chi connectivity index (χ0) is 24.1. The minimum Gasteiger partial charge on any atom is -0.449 e. The summed E-state index contributed by atoms with van der Waals surface area (Å²) in [4.78, 5) is 20.6. The Balaban J connectivity index is 1.23. The molecule has 2 N–H and O–H groups in total. The molecule has 1 saturated carbocycles. The van der Waals surface area contributed by atoms with Gasteiger partial charge in [-0.1, -0.05) is 86.8 Å². The van der Waals surface area contributed by atoms with Crippen molar-refractivity contribution in [2.24, 2.45) is 5.41 Å². The second-order valence-electron chi connectivity index (χ2n) is 9.90. The maximum absolute atomic E-state index is 12.3. The lowest BCUT2D eigenvalue weighted by molar-refractivity contribution is -0.239. The van der Waals surface area contributed by atoms with E-state index in [0.29, 0.717) is 19.0 Å². The number of carbonyl (C=O) groups is 1. The third kappa shape index (κ3) is 5.74. The normalized spacial score (nSPS) is 23.1. The van der Waals surface area contributed by atoms with E-state index in [2.05, 4.69) is 22.4 Å². The third-order valence-electron chi connectivity index (χ3n) is 6.70. The molecule has 5 rings (SSSR count). The third-order valence-corrected chi connectivity index (χ3v) is 6.70. The van der Waals surface area contributed by atoms with Crippen LogP contribution in [0, 0.1) is 5.41 Å². The molecule has 2 heterocycles. The minimum atomic E-state index is -0.612. The summed E-state index contributed by atoms with van der Waals surface area (Å²) in [6.07, 6.45) is 4.66. The van der Waals surface area contributed by atoms with Crippen LogP contribution in [-0.2, 0) is 14.2 Å². The maximum atomic E-state index is 12.3. The molecule has 0 spiro atoms. The summed E-state index contributed by atoms with van der Waals surface area (Å²) in [5.41, 5.74) is 3.43. The Morgan fingerprint density at radius 3 is 2.29 bits per heavy atom. The molecule has 1 aromatic heterocycles. The Morgan fingerprint density at radius 2 is 1.63 bits per heavy atom. The standard InChI is InChI=1S/C28H33N3O4/c1-28(19-35-27(32)29-22-15-9-4-10-16-22)17-33-26(34-18-28)25-30-23(20-11-5-2-6-12-20)24(31-25)21-13-7-3-8-14-21/h2-3,5-8,11-14,22,26H,4,9-10,15-19H2,1H3,(H,29,32)(H,30,31). The fourth-order valence-electron chi connectivity index (χ4n) is 4.70. The van der Waals surface area contributed by atoms with E-state index in [0.717, 1.165) is 48.2 Å². The number of rotatable bonds is 6. The number of nitrogens with one attached hydrogen (secondary N) is 2. The highest BCUT2D eigenvalue weighted by Crippen LogP contribution is 2.35. The van der Waals surface area contributed by atoms with E-state index in [1.165, 1.54) is 6.42 Å². The summed E-state index contributed by atoms with van der Waals surface area (Å²) in [6.45, 7) is 3.04. The number of amides is 1. The number of aromatic nitrogens is 2. The molecule has 35 heavy (non-hydrogen) atoms. The molecule has 0 atom stereocenters. The lowest BCUT2D eigenvalue weighted by atomic mass is 9.93. The summed E-state index contributed by atoms with van der Waals surface area (Å²) in [6, 6.07) is 20.4. The van der Waals surface area contributed by atoms with E-state index in [1.54, 1.807) is 0 Å². The van der Waals surface area contributed by atoms with Crippen LogP contribution in [0.15, 0.2) is 60.7 Å². The van der Waals surface area contributed by atoms with E-state index in [9.17, 15) is 4.79 Å². The molecule has 2 fully saturated rings. The number of nitrogens with zero attached hydrogens (tertiary/aromatic N) is 1. The number of hydrogen-bond donors (Lipinski definition) is 2. The molecule has 7 heteroatoms. The van der Waals surface area contributed by atoms with E-state index >= 15 is 0 Å². The van der Waals surface area contributed by atoms with E-state index < -0.39 is 11.7 Å². The van der Waals surface area contributed by atoms with Crippen molar-refractivity contribution in [3.63, 3.8) is 0 Å². The largest absolute Gasteiger partial charge is 0.449 e. The number of imidazole rings is 1. The van der Waals surface area contributed by atoms with Crippen molar-refractivity contribution in [2.45, 2.75) is 51.4 Å². The van der Waals surface area contributed by atoms with Gasteiger partial charge < -0.3 is 24.5 Å². The molecular weight excluding hydrogens is 442 g/mol. The summed E-state index contributed by atoms with van der Waals surface area (Å²) in [5, 5.41) is 2.99. The minimum absolute atomic E-state index is 0.226. The van der Waals surface area contributed by atoms with Crippen molar-refractivity contribution in [3.8, 4) is 22.5 Å². The molecule has 2 aliphatic rings. The van der Waals surface area contributed by atoms with Crippen LogP contribution in [0.1, 0.15) is 51.1 Å². The van der Waals surface area contributed by atoms with Gasteiger partial charge in [0.1, 0.15) is 6.61 Å². The number of ether oxygens (including phenoxy) is 3. The van der Waals surface area contributed by atoms with Crippen molar-refractivity contribution in [1.82, 2.24) is 15.3 Å². The highest BCUT2D eigenvalue weighted by molar-refractivity contribution is 5.78. The van der Waals surface area contributed by atoms with Crippen molar-refractivity contribution >= 4 is 6.09 Å². The molecule has 2 aromatic carbocycles. The lowest BCUT2D eigenvalue weighted by Gasteiger charge is -2.36. The summed E-state index contributed by atoms with van der Waals surface area (Å²) in [7, 11) is 0. The van der Waals surface area contributed by atoms with Gasteiger partial charge in [-0.05, 0) is 12.8 Å². The highest BCUT2D eigenvalue weighted by Gasteiger charge is 2.36. The Hall–Kier alpha value is -3.16. The van der Waals surface area contributed by atoms with Crippen molar-refractivity contribution in [2.75, 3.05) is 19.8 Å². The van der Waals surface area contributed by atoms with Gasteiger partial charge in [0.25, 0.3) is 0 Å². The molecule has 0 radical (unpaired) electrons. The quantitative estimate of drug-likeness (QED) is 0.467. The molecule has 0 unspecified atom stereocenters. The first-order valence-electron chi connectivity index (χ1n) is 12.5. The summed E-state index contributed by atoms with van der Waals surface area (Å²) < 4.78 is 17.7. The van der Waals surface area contributed by atoms with Crippen molar-refractivity contribution < 1.29 is 19.0 Å². The first kappa shape index (κ1) is 23.6. The van der Waals surface area contributed by atoms with E-state index in [4.69, 9.17) is 19.2 Å².